The van der Waals surface area contributed by atoms with Crippen LogP contribution in [0.2, 0.25) is 0 Å². The van der Waals surface area contributed by atoms with Gasteiger partial charge in [0.15, 0.2) is 0 Å². The van der Waals surface area contributed by atoms with Crippen LogP contribution in [0.4, 0.5) is 0 Å². The summed E-state index contributed by atoms with van der Waals surface area (Å²) in [7, 11) is 0. The maximum atomic E-state index is 12.1. The molecule has 0 aromatic carbocycles. The number of likely N-dealkylation sites (N-methyl/N-ethyl adjacent to an activating group) is 1. The van der Waals surface area contributed by atoms with Crippen molar-refractivity contribution in [3.63, 3.8) is 0 Å². The Hall–Kier alpha value is -0.610. The van der Waals surface area contributed by atoms with Gasteiger partial charge in [0.25, 0.3) is 0 Å². The number of amides is 1. The van der Waals surface area contributed by atoms with Gasteiger partial charge < -0.3 is 15.3 Å². The van der Waals surface area contributed by atoms with Crippen LogP contribution in [-0.2, 0) is 4.79 Å². The van der Waals surface area contributed by atoms with Crippen molar-refractivity contribution in [2.75, 3.05) is 19.6 Å². The molecule has 0 aromatic heterocycles. The predicted octanol–water partition coefficient (Wildman–Crippen LogP) is 1.14. The summed E-state index contributed by atoms with van der Waals surface area (Å²) in [6.07, 6.45) is 4.07. The number of hydrogen-bond donors (Lipinski definition) is 2. The molecule has 0 spiro atoms. The minimum Gasteiger partial charge on any atom is -0.389 e. The molecular weight excluding hydrogens is 216 g/mol. The number of carbonyl (C=O) groups is 1. The molecule has 0 aromatic rings. The Morgan fingerprint density at radius 1 is 1.47 bits per heavy atom. The number of piperidine rings is 1. The molecule has 1 atom stereocenters. The van der Waals surface area contributed by atoms with E-state index in [-0.39, 0.29) is 5.91 Å². The standard InChI is InChI=1S/C13H26N2O2/c1-4-15(10-13(2,3)17)12(16)9-11-7-5-6-8-14-11/h11,14,17H,4-10H2,1-3H3. The molecule has 4 heteroatoms. The molecule has 1 saturated heterocycles. The third kappa shape index (κ3) is 5.50. The second-order valence-corrected chi connectivity index (χ2v) is 5.57. The smallest absolute Gasteiger partial charge is 0.224 e. The van der Waals surface area contributed by atoms with E-state index in [0.717, 1.165) is 13.0 Å². The highest BCUT2D eigenvalue weighted by molar-refractivity contribution is 5.76. The quantitative estimate of drug-likeness (QED) is 0.760. The lowest BCUT2D eigenvalue weighted by Crippen LogP contribution is -2.45. The zero-order chi connectivity index (χ0) is 12.9. The highest BCUT2D eigenvalue weighted by atomic mass is 16.3. The molecule has 100 valence electrons. The third-order valence-corrected chi connectivity index (χ3v) is 3.15. The van der Waals surface area contributed by atoms with E-state index in [9.17, 15) is 9.90 Å². The summed E-state index contributed by atoms with van der Waals surface area (Å²) >= 11 is 0. The fourth-order valence-electron chi connectivity index (χ4n) is 2.28. The van der Waals surface area contributed by atoms with Crippen molar-refractivity contribution in [2.45, 2.75) is 58.1 Å². The lowest BCUT2D eigenvalue weighted by molar-refractivity contribution is -0.134. The van der Waals surface area contributed by atoms with Gasteiger partial charge in [-0.15, -0.1) is 0 Å². The van der Waals surface area contributed by atoms with E-state index in [2.05, 4.69) is 5.32 Å². The molecule has 0 saturated carbocycles. The highest BCUT2D eigenvalue weighted by Crippen LogP contribution is 2.13. The second-order valence-electron chi connectivity index (χ2n) is 5.57. The van der Waals surface area contributed by atoms with Gasteiger partial charge in [0.1, 0.15) is 0 Å². The Labute approximate surface area is 104 Å². The highest BCUT2D eigenvalue weighted by Gasteiger charge is 2.24. The molecule has 1 fully saturated rings. The summed E-state index contributed by atoms with van der Waals surface area (Å²) < 4.78 is 0. The Balaban J connectivity index is 2.42. The topological polar surface area (TPSA) is 52.6 Å². The van der Waals surface area contributed by atoms with E-state index in [4.69, 9.17) is 0 Å². The SMILES string of the molecule is CCN(CC(C)(C)O)C(=O)CC1CCCCN1. The fraction of sp³-hybridized carbons (Fsp3) is 0.923. The lowest BCUT2D eigenvalue weighted by Gasteiger charge is -2.30. The molecule has 2 N–H and O–H groups in total. The summed E-state index contributed by atoms with van der Waals surface area (Å²) in [6.45, 7) is 7.53. The Kier molecular flexibility index (Phi) is 5.40. The van der Waals surface area contributed by atoms with E-state index < -0.39 is 5.60 Å². The van der Waals surface area contributed by atoms with Gasteiger partial charge in [-0.2, -0.15) is 0 Å². The van der Waals surface area contributed by atoms with Crippen LogP contribution >= 0.6 is 0 Å². The van der Waals surface area contributed by atoms with Crippen LogP contribution in [-0.4, -0.2) is 47.2 Å². The van der Waals surface area contributed by atoms with Gasteiger partial charge in [0.05, 0.1) is 5.60 Å². The zero-order valence-electron chi connectivity index (χ0n) is 11.3. The number of rotatable bonds is 5. The largest absolute Gasteiger partial charge is 0.389 e. The molecule has 4 nitrogen and oxygen atoms in total. The van der Waals surface area contributed by atoms with Gasteiger partial charge in [-0.1, -0.05) is 6.42 Å². The van der Waals surface area contributed by atoms with Crippen LogP contribution in [0.25, 0.3) is 0 Å². The van der Waals surface area contributed by atoms with Crippen LogP contribution < -0.4 is 5.32 Å². The normalized spacial score (nSPS) is 21.3. The summed E-state index contributed by atoms with van der Waals surface area (Å²) in [5.41, 5.74) is -0.814. The van der Waals surface area contributed by atoms with Crippen LogP contribution in [0.5, 0.6) is 0 Å². The first kappa shape index (κ1) is 14.5. The third-order valence-electron chi connectivity index (χ3n) is 3.15. The van der Waals surface area contributed by atoms with Gasteiger partial charge in [0, 0.05) is 25.6 Å². The minimum atomic E-state index is -0.814. The molecular formula is C13H26N2O2. The Bertz CT molecular complexity index is 242. The number of nitrogens with zero attached hydrogens (tertiary/aromatic N) is 1. The molecule has 1 aliphatic heterocycles. The molecule has 1 rings (SSSR count). The van der Waals surface area contributed by atoms with E-state index >= 15 is 0 Å². The van der Waals surface area contributed by atoms with Gasteiger partial charge in [-0.3, -0.25) is 4.79 Å². The second kappa shape index (κ2) is 6.36. The van der Waals surface area contributed by atoms with E-state index in [1.54, 1.807) is 18.7 Å². The summed E-state index contributed by atoms with van der Waals surface area (Å²) in [5.74, 6) is 0.147. The maximum absolute atomic E-state index is 12.1. The zero-order valence-corrected chi connectivity index (χ0v) is 11.3. The first-order valence-corrected chi connectivity index (χ1v) is 6.66. The van der Waals surface area contributed by atoms with Crippen LogP contribution in [0.3, 0.4) is 0 Å². The van der Waals surface area contributed by atoms with Crippen molar-refractivity contribution < 1.29 is 9.90 Å². The number of carbonyl (C=O) groups excluding carboxylic acids is 1. The first-order chi connectivity index (χ1) is 7.92. The first-order valence-electron chi connectivity index (χ1n) is 6.66. The van der Waals surface area contributed by atoms with Crippen molar-refractivity contribution in [1.29, 1.82) is 0 Å². The van der Waals surface area contributed by atoms with Crippen molar-refractivity contribution >= 4 is 5.91 Å². The molecule has 1 heterocycles. The minimum absolute atomic E-state index is 0.147. The van der Waals surface area contributed by atoms with E-state index in [1.807, 2.05) is 6.92 Å². The summed E-state index contributed by atoms with van der Waals surface area (Å²) in [6, 6.07) is 0.326. The number of hydrogen-bond acceptors (Lipinski definition) is 3. The van der Waals surface area contributed by atoms with Crippen LogP contribution in [0.1, 0.15) is 46.5 Å². The lowest BCUT2D eigenvalue weighted by atomic mass is 10.0. The average molecular weight is 242 g/mol. The molecule has 0 radical (unpaired) electrons. The fourth-order valence-corrected chi connectivity index (χ4v) is 2.28. The predicted molar refractivity (Wildman–Crippen MR) is 68.8 cm³/mol. The number of nitrogens with one attached hydrogen (secondary N) is 1. The summed E-state index contributed by atoms with van der Waals surface area (Å²) in [5, 5.41) is 13.1. The van der Waals surface area contributed by atoms with Crippen molar-refractivity contribution in [3.05, 3.63) is 0 Å². The van der Waals surface area contributed by atoms with Crippen molar-refractivity contribution in [3.8, 4) is 0 Å². The molecule has 1 amide bonds. The van der Waals surface area contributed by atoms with Gasteiger partial charge in [0.2, 0.25) is 5.91 Å². The van der Waals surface area contributed by atoms with Crippen molar-refractivity contribution in [2.24, 2.45) is 0 Å². The van der Waals surface area contributed by atoms with Gasteiger partial charge in [-0.25, -0.2) is 0 Å². The van der Waals surface area contributed by atoms with Crippen LogP contribution in [0.15, 0.2) is 0 Å². The Morgan fingerprint density at radius 2 is 2.18 bits per heavy atom. The molecule has 1 aliphatic rings. The van der Waals surface area contributed by atoms with E-state index in [0.29, 0.717) is 25.6 Å². The monoisotopic (exact) mass is 242 g/mol. The van der Waals surface area contributed by atoms with Crippen molar-refractivity contribution in [1.82, 2.24) is 10.2 Å². The Morgan fingerprint density at radius 3 is 2.65 bits per heavy atom. The van der Waals surface area contributed by atoms with Gasteiger partial charge in [-0.05, 0) is 40.2 Å². The maximum Gasteiger partial charge on any atom is 0.224 e. The van der Waals surface area contributed by atoms with Crippen LogP contribution in [0, 0.1) is 0 Å². The molecule has 17 heavy (non-hydrogen) atoms. The van der Waals surface area contributed by atoms with Gasteiger partial charge >= 0.3 is 0 Å². The summed E-state index contributed by atoms with van der Waals surface area (Å²) in [4.78, 5) is 13.8. The molecule has 1 unspecified atom stereocenters. The number of aliphatic hydroxyl groups is 1. The molecule has 0 aliphatic carbocycles. The molecule has 0 bridgehead atoms. The average Bonchev–Trinajstić information content (AvgIpc) is 2.26. The van der Waals surface area contributed by atoms with E-state index in [1.165, 1.54) is 12.8 Å².